The maximum absolute atomic E-state index is 2.60. The molecule has 1 fully saturated rings. The lowest BCUT2D eigenvalue weighted by Gasteiger charge is -2.14. The minimum Gasteiger partial charge on any atom is -0.303 e. The van der Waals surface area contributed by atoms with Crippen molar-refractivity contribution in [2.45, 2.75) is 45.4 Å². The van der Waals surface area contributed by atoms with Gasteiger partial charge < -0.3 is 4.90 Å². The molecule has 0 aliphatic carbocycles. The second-order valence-electron chi connectivity index (χ2n) is 5.55. The van der Waals surface area contributed by atoms with Crippen molar-refractivity contribution in [1.82, 2.24) is 4.90 Å². The Kier molecular flexibility index (Phi) is 4.61. The average molecular weight is 231 g/mol. The van der Waals surface area contributed by atoms with Gasteiger partial charge >= 0.3 is 0 Å². The van der Waals surface area contributed by atoms with E-state index in [1.807, 2.05) is 0 Å². The van der Waals surface area contributed by atoms with E-state index in [9.17, 15) is 0 Å². The molecule has 1 aliphatic heterocycles. The summed E-state index contributed by atoms with van der Waals surface area (Å²) >= 11 is 0. The van der Waals surface area contributed by atoms with E-state index in [0.717, 1.165) is 0 Å². The van der Waals surface area contributed by atoms with E-state index in [2.05, 4.69) is 43.0 Å². The summed E-state index contributed by atoms with van der Waals surface area (Å²) in [6.45, 7) is 8.44. The van der Waals surface area contributed by atoms with Crippen LogP contribution in [-0.4, -0.2) is 24.5 Å². The molecule has 0 saturated carbocycles. The van der Waals surface area contributed by atoms with Gasteiger partial charge in [0, 0.05) is 0 Å². The van der Waals surface area contributed by atoms with Crippen molar-refractivity contribution in [2.24, 2.45) is 0 Å². The number of rotatable bonds is 5. The Morgan fingerprint density at radius 3 is 2.29 bits per heavy atom. The second kappa shape index (κ2) is 6.20. The van der Waals surface area contributed by atoms with Crippen molar-refractivity contribution in [2.75, 3.05) is 19.6 Å². The fourth-order valence-electron chi connectivity index (χ4n) is 2.58. The molecule has 0 amide bonds. The Labute approximate surface area is 106 Å². The van der Waals surface area contributed by atoms with Crippen LogP contribution in [0.5, 0.6) is 0 Å². The van der Waals surface area contributed by atoms with Crippen LogP contribution in [0.3, 0.4) is 0 Å². The van der Waals surface area contributed by atoms with Gasteiger partial charge in [0.05, 0.1) is 0 Å². The van der Waals surface area contributed by atoms with Crippen LogP contribution in [0.25, 0.3) is 0 Å². The highest BCUT2D eigenvalue weighted by atomic mass is 15.1. The minimum absolute atomic E-state index is 0.647. The van der Waals surface area contributed by atoms with E-state index in [0.29, 0.717) is 5.92 Å². The Morgan fingerprint density at radius 1 is 1.06 bits per heavy atom. The summed E-state index contributed by atoms with van der Waals surface area (Å²) in [6, 6.07) is 9.18. The Morgan fingerprint density at radius 2 is 1.71 bits per heavy atom. The largest absolute Gasteiger partial charge is 0.303 e. The number of likely N-dealkylation sites (tertiary alicyclic amines) is 1. The topological polar surface area (TPSA) is 3.24 Å². The third kappa shape index (κ3) is 3.85. The van der Waals surface area contributed by atoms with E-state index in [1.54, 1.807) is 0 Å². The van der Waals surface area contributed by atoms with Gasteiger partial charge in [0.15, 0.2) is 0 Å². The molecule has 0 aromatic heterocycles. The van der Waals surface area contributed by atoms with Crippen molar-refractivity contribution < 1.29 is 0 Å². The molecule has 0 bridgehead atoms. The van der Waals surface area contributed by atoms with E-state index in [1.165, 1.54) is 56.4 Å². The number of hydrogen-bond donors (Lipinski definition) is 0. The highest BCUT2D eigenvalue weighted by Crippen LogP contribution is 2.16. The summed E-state index contributed by atoms with van der Waals surface area (Å²) in [5.41, 5.74) is 2.95. The molecule has 17 heavy (non-hydrogen) atoms. The molecule has 94 valence electrons. The van der Waals surface area contributed by atoms with Crippen LogP contribution in [0, 0.1) is 0 Å². The third-order valence-electron chi connectivity index (χ3n) is 3.78. The van der Waals surface area contributed by atoms with Crippen molar-refractivity contribution in [1.29, 1.82) is 0 Å². The number of hydrogen-bond acceptors (Lipinski definition) is 1. The predicted molar refractivity (Wildman–Crippen MR) is 74.5 cm³/mol. The van der Waals surface area contributed by atoms with Gasteiger partial charge in [-0.15, -0.1) is 0 Å². The van der Waals surface area contributed by atoms with Crippen LogP contribution in [0.1, 0.15) is 50.2 Å². The molecule has 1 aliphatic rings. The molecule has 1 saturated heterocycles. The van der Waals surface area contributed by atoms with Gasteiger partial charge in [-0.1, -0.05) is 38.1 Å². The predicted octanol–water partition coefficient (Wildman–Crippen LogP) is 3.84. The fraction of sp³-hybridized carbons (Fsp3) is 0.625. The number of nitrogens with zero attached hydrogens (tertiary/aromatic N) is 1. The smallest absolute Gasteiger partial charge is 0.00156 e. The summed E-state index contributed by atoms with van der Waals surface area (Å²) in [7, 11) is 0. The van der Waals surface area contributed by atoms with Gasteiger partial charge in [-0.2, -0.15) is 0 Å². The molecule has 1 nitrogen and oxygen atoms in total. The zero-order chi connectivity index (χ0) is 12.1. The van der Waals surface area contributed by atoms with E-state index in [-0.39, 0.29) is 0 Å². The third-order valence-corrected chi connectivity index (χ3v) is 3.78. The van der Waals surface area contributed by atoms with E-state index in [4.69, 9.17) is 0 Å². The lowest BCUT2D eigenvalue weighted by Crippen LogP contribution is -2.20. The maximum Gasteiger partial charge on any atom is -0.00156 e. The summed E-state index contributed by atoms with van der Waals surface area (Å²) < 4.78 is 0. The molecule has 0 N–H and O–H groups in total. The molecule has 0 spiro atoms. The Balaban J connectivity index is 1.74. The molecule has 2 rings (SSSR count). The standard InChI is InChI=1S/C16H25N/c1-14(2)16-9-7-15(8-10-16)6-5-13-17-11-3-4-12-17/h7-10,14H,3-6,11-13H2,1-2H3. The highest BCUT2D eigenvalue weighted by Gasteiger charge is 2.10. The molecular formula is C16H25N. The molecule has 0 unspecified atom stereocenters. The zero-order valence-corrected chi connectivity index (χ0v) is 11.3. The lowest BCUT2D eigenvalue weighted by atomic mass is 10.0. The van der Waals surface area contributed by atoms with Crippen molar-refractivity contribution in [3.05, 3.63) is 35.4 Å². The number of benzene rings is 1. The van der Waals surface area contributed by atoms with Crippen LogP contribution in [-0.2, 0) is 6.42 Å². The number of aryl methyl sites for hydroxylation is 1. The van der Waals surface area contributed by atoms with E-state index >= 15 is 0 Å². The quantitative estimate of drug-likeness (QED) is 0.744. The van der Waals surface area contributed by atoms with Gasteiger partial charge in [0.1, 0.15) is 0 Å². The molecule has 1 aromatic carbocycles. The molecule has 0 radical (unpaired) electrons. The second-order valence-corrected chi connectivity index (χ2v) is 5.55. The summed E-state index contributed by atoms with van der Waals surface area (Å²) in [6.07, 6.45) is 5.35. The molecule has 1 heterocycles. The summed E-state index contributed by atoms with van der Waals surface area (Å²) in [5, 5.41) is 0. The first-order valence-electron chi connectivity index (χ1n) is 7.07. The molecule has 1 heteroatoms. The molecule has 0 atom stereocenters. The fourth-order valence-corrected chi connectivity index (χ4v) is 2.58. The summed E-state index contributed by atoms with van der Waals surface area (Å²) in [4.78, 5) is 2.60. The highest BCUT2D eigenvalue weighted by molar-refractivity contribution is 5.24. The van der Waals surface area contributed by atoms with Crippen molar-refractivity contribution >= 4 is 0 Å². The van der Waals surface area contributed by atoms with Gasteiger partial charge in [-0.05, 0) is 62.4 Å². The van der Waals surface area contributed by atoms with E-state index < -0.39 is 0 Å². The van der Waals surface area contributed by atoms with Crippen LogP contribution < -0.4 is 0 Å². The van der Waals surface area contributed by atoms with Gasteiger partial charge in [0.25, 0.3) is 0 Å². The van der Waals surface area contributed by atoms with Gasteiger partial charge in [-0.3, -0.25) is 0 Å². The van der Waals surface area contributed by atoms with Crippen molar-refractivity contribution in [3.63, 3.8) is 0 Å². The monoisotopic (exact) mass is 231 g/mol. The first-order chi connectivity index (χ1) is 8.25. The average Bonchev–Trinajstić information content (AvgIpc) is 2.83. The zero-order valence-electron chi connectivity index (χ0n) is 11.3. The Hall–Kier alpha value is -0.820. The lowest BCUT2D eigenvalue weighted by molar-refractivity contribution is 0.334. The van der Waals surface area contributed by atoms with Crippen molar-refractivity contribution in [3.8, 4) is 0 Å². The molecule has 1 aromatic rings. The van der Waals surface area contributed by atoms with Gasteiger partial charge in [-0.25, -0.2) is 0 Å². The van der Waals surface area contributed by atoms with Crippen LogP contribution in [0.4, 0.5) is 0 Å². The van der Waals surface area contributed by atoms with Gasteiger partial charge in [0.2, 0.25) is 0 Å². The summed E-state index contributed by atoms with van der Waals surface area (Å²) in [5.74, 6) is 0.647. The first kappa shape index (κ1) is 12.6. The first-order valence-corrected chi connectivity index (χ1v) is 7.07. The maximum atomic E-state index is 2.60. The van der Waals surface area contributed by atoms with Crippen LogP contribution >= 0.6 is 0 Å². The SMILES string of the molecule is CC(C)c1ccc(CCCN2CCCC2)cc1. The Bertz CT molecular complexity index is 320. The van der Waals surface area contributed by atoms with Crippen LogP contribution in [0.15, 0.2) is 24.3 Å². The van der Waals surface area contributed by atoms with Crippen LogP contribution in [0.2, 0.25) is 0 Å². The minimum atomic E-state index is 0.647. The normalized spacial score (nSPS) is 16.9. The molecular weight excluding hydrogens is 206 g/mol.